The van der Waals surface area contributed by atoms with Crippen LogP contribution in [0.2, 0.25) is 0 Å². The van der Waals surface area contributed by atoms with Crippen molar-refractivity contribution in [1.82, 2.24) is 5.32 Å². The molecule has 1 amide bonds. The molecule has 6 nitrogen and oxygen atoms in total. The standard InChI is InChI=1S/C19H38N2O4S/c1-17(2,13-14(15(23)21-7)19(5,6)20)18(3,4)16(24)25-10-8-11-26-12-9-22/h14,22H,8-13,20H2,1-7H3,(H,21,23). The normalized spacial score (nSPS) is 14.0. The van der Waals surface area contributed by atoms with Crippen molar-refractivity contribution >= 4 is 23.6 Å². The highest BCUT2D eigenvalue weighted by Gasteiger charge is 2.48. The van der Waals surface area contributed by atoms with E-state index in [0.29, 0.717) is 18.8 Å². The highest BCUT2D eigenvalue weighted by atomic mass is 32.2. The van der Waals surface area contributed by atoms with Gasteiger partial charge in [0.2, 0.25) is 5.91 Å². The van der Waals surface area contributed by atoms with E-state index in [1.807, 2.05) is 41.5 Å². The Morgan fingerprint density at radius 3 is 2.19 bits per heavy atom. The molecule has 0 aromatic rings. The minimum Gasteiger partial charge on any atom is -0.465 e. The molecule has 0 radical (unpaired) electrons. The Bertz CT molecular complexity index is 459. The van der Waals surface area contributed by atoms with E-state index in [2.05, 4.69) is 5.32 Å². The third-order valence-corrected chi connectivity index (χ3v) is 6.33. The molecule has 0 saturated heterocycles. The van der Waals surface area contributed by atoms with Gasteiger partial charge in [-0.2, -0.15) is 11.8 Å². The number of carbonyl (C=O) groups is 2. The van der Waals surface area contributed by atoms with Gasteiger partial charge in [0.15, 0.2) is 0 Å². The van der Waals surface area contributed by atoms with Crippen LogP contribution in [-0.2, 0) is 14.3 Å². The van der Waals surface area contributed by atoms with Crippen LogP contribution in [0.1, 0.15) is 54.4 Å². The van der Waals surface area contributed by atoms with Crippen LogP contribution in [0.25, 0.3) is 0 Å². The third-order valence-electron chi connectivity index (χ3n) is 5.28. The van der Waals surface area contributed by atoms with Gasteiger partial charge >= 0.3 is 5.97 Å². The number of aliphatic hydroxyl groups excluding tert-OH is 1. The molecule has 0 spiro atoms. The average Bonchev–Trinajstić information content (AvgIpc) is 2.53. The fourth-order valence-electron chi connectivity index (χ4n) is 2.58. The van der Waals surface area contributed by atoms with E-state index >= 15 is 0 Å². The molecule has 0 rings (SSSR count). The lowest BCUT2D eigenvalue weighted by Gasteiger charge is -2.43. The second-order valence-corrected chi connectivity index (χ2v) is 9.75. The molecule has 7 heteroatoms. The number of hydrogen-bond donors (Lipinski definition) is 3. The Morgan fingerprint density at radius 1 is 1.15 bits per heavy atom. The smallest absolute Gasteiger partial charge is 0.312 e. The molecule has 0 heterocycles. The number of amides is 1. The van der Waals surface area contributed by atoms with Crippen molar-refractivity contribution in [2.75, 3.05) is 31.8 Å². The summed E-state index contributed by atoms with van der Waals surface area (Å²) in [5.74, 6) is 0.750. The summed E-state index contributed by atoms with van der Waals surface area (Å²) in [5.41, 5.74) is 4.29. The van der Waals surface area contributed by atoms with Crippen molar-refractivity contribution in [2.45, 2.75) is 59.9 Å². The summed E-state index contributed by atoms with van der Waals surface area (Å²) < 4.78 is 5.48. The van der Waals surface area contributed by atoms with Gasteiger partial charge in [0, 0.05) is 18.3 Å². The maximum absolute atomic E-state index is 12.7. The van der Waals surface area contributed by atoms with Crippen molar-refractivity contribution < 1.29 is 19.4 Å². The van der Waals surface area contributed by atoms with Gasteiger partial charge in [0.05, 0.1) is 24.5 Å². The van der Waals surface area contributed by atoms with Crippen molar-refractivity contribution in [3.05, 3.63) is 0 Å². The first-order valence-corrected chi connectivity index (χ1v) is 10.3. The molecule has 1 atom stereocenters. The molecule has 1 unspecified atom stereocenters. The first-order chi connectivity index (χ1) is 11.8. The first kappa shape index (κ1) is 25.2. The molecule has 26 heavy (non-hydrogen) atoms. The van der Waals surface area contributed by atoms with Crippen LogP contribution < -0.4 is 11.1 Å². The molecule has 0 fully saturated rings. The summed E-state index contributed by atoms with van der Waals surface area (Å²) in [5, 5.41) is 11.4. The van der Waals surface area contributed by atoms with Crippen molar-refractivity contribution in [3.63, 3.8) is 0 Å². The van der Waals surface area contributed by atoms with Crippen LogP contribution >= 0.6 is 11.8 Å². The van der Waals surface area contributed by atoms with Crippen LogP contribution in [0.15, 0.2) is 0 Å². The third kappa shape index (κ3) is 7.45. The second-order valence-electron chi connectivity index (χ2n) is 8.53. The molecule has 4 N–H and O–H groups in total. The number of rotatable bonds is 12. The Balaban J connectivity index is 4.94. The van der Waals surface area contributed by atoms with Crippen molar-refractivity contribution in [1.29, 1.82) is 0 Å². The summed E-state index contributed by atoms with van der Waals surface area (Å²) in [6, 6.07) is 0. The van der Waals surface area contributed by atoms with E-state index in [9.17, 15) is 9.59 Å². The van der Waals surface area contributed by atoms with Crippen LogP contribution in [0.5, 0.6) is 0 Å². The fraction of sp³-hybridized carbons (Fsp3) is 0.895. The van der Waals surface area contributed by atoms with Crippen molar-refractivity contribution in [3.8, 4) is 0 Å². The number of carbonyl (C=O) groups excluding carboxylic acids is 2. The van der Waals surface area contributed by atoms with E-state index in [1.54, 1.807) is 18.8 Å². The Hall–Kier alpha value is -0.790. The predicted molar refractivity (Wildman–Crippen MR) is 108 cm³/mol. The quantitative estimate of drug-likeness (QED) is 0.349. The van der Waals surface area contributed by atoms with E-state index < -0.39 is 22.3 Å². The lowest BCUT2D eigenvalue weighted by Crippen LogP contribution is -2.52. The molecule has 0 aromatic heterocycles. The molecular formula is C19H38N2O4S. The van der Waals surface area contributed by atoms with Gasteiger partial charge in [-0.15, -0.1) is 0 Å². The molecule has 0 aromatic carbocycles. The molecular weight excluding hydrogens is 352 g/mol. The molecule has 0 aliphatic carbocycles. The number of ether oxygens (including phenoxy) is 1. The van der Waals surface area contributed by atoms with Gasteiger partial charge in [-0.05, 0) is 51.7 Å². The van der Waals surface area contributed by atoms with Gasteiger partial charge in [-0.3, -0.25) is 9.59 Å². The Kier molecular flexibility index (Phi) is 10.2. The van der Waals surface area contributed by atoms with Crippen molar-refractivity contribution in [2.24, 2.45) is 22.5 Å². The van der Waals surface area contributed by atoms with E-state index in [-0.39, 0.29) is 18.5 Å². The number of esters is 1. The molecule has 0 aliphatic heterocycles. The minimum absolute atomic E-state index is 0.115. The summed E-state index contributed by atoms with van der Waals surface area (Å²) >= 11 is 1.64. The largest absolute Gasteiger partial charge is 0.465 e. The molecule has 154 valence electrons. The summed E-state index contributed by atoms with van der Waals surface area (Å²) in [4.78, 5) is 25.0. The zero-order valence-corrected chi connectivity index (χ0v) is 18.3. The maximum Gasteiger partial charge on any atom is 0.312 e. The number of thioether (sulfide) groups is 1. The van der Waals surface area contributed by atoms with E-state index in [0.717, 1.165) is 12.2 Å². The zero-order chi connectivity index (χ0) is 20.6. The molecule has 0 bridgehead atoms. The van der Waals surface area contributed by atoms with E-state index in [4.69, 9.17) is 15.6 Å². The van der Waals surface area contributed by atoms with Gasteiger partial charge in [0.25, 0.3) is 0 Å². The summed E-state index contributed by atoms with van der Waals surface area (Å²) in [6.45, 7) is 11.9. The Morgan fingerprint density at radius 2 is 1.73 bits per heavy atom. The second kappa shape index (κ2) is 10.5. The van der Waals surface area contributed by atoms with Crippen LogP contribution in [0.4, 0.5) is 0 Å². The predicted octanol–water partition coefficient (Wildman–Crippen LogP) is 2.19. The summed E-state index contributed by atoms with van der Waals surface area (Å²) in [7, 11) is 1.60. The number of nitrogens with two attached hydrogens (primary N) is 1. The number of hydrogen-bond acceptors (Lipinski definition) is 6. The number of nitrogens with one attached hydrogen (secondary N) is 1. The van der Waals surface area contributed by atoms with Gasteiger partial charge in [-0.1, -0.05) is 13.8 Å². The van der Waals surface area contributed by atoms with Crippen LogP contribution in [0, 0.1) is 16.7 Å². The summed E-state index contributed by atoms with van der Waals surface area (Å²) in [6.07, 6.45) is 1.23. The SMILES string of the molecule is CNC(=O)C(CC(C)(C)C(C)(C)C(=O)OCCCSCCO)C(C)(C)N. The van der Waals surface area contributed by atoms with Crippen LogP contribution in [0.3, 0.4) is 0 Å². The lowest BCUT2D eigenvalue weighted by molar-refractivity contribution is -0.162. The highest BCUT2D eigenvalue weighted by molar-refractivity contribution is 7.99. The maximum atomic E-state index is 12.7. The first-order valence-electron chi connectivity index (χ1n) is 9.17. The molecule has 0 saturated carbocycles. The van der Waals surface area contributed by atoms with Gasteiger partial charge in [-0.25, -0.2) is 0 Å². The highest BCUT2D eigenvalue weighted by Crippen LogP contribution is 2.45. The number of aliphatic hydroxyl groups is 1. The average molecular weight is 391 g/mol. The molecule has 0 aliphatic rings. The lowest BCUT2D eigenvalue weighted by atomic mass is 9.62. The topological polar surface area (TPSA) is 102 Å². The van der Waals surface area contributed by atoms with E-state index in [1.165, 1.54) is 0 Å². The fourth-order valence-corrected chi connectivity index (χ4v) is 3.24. The monoisotopic (exact) mass is 390 g/mol. The Labute approximate surface area is 163 Å². The minimum atomic E-state index is -0.761. The van der Waals surface area contributed by atoms with Gasteiger partial charge in [0.1, 0.15) is 0 Å². The zero-order valence-electron chi connectivity index (χ0n) is 17.5. The van der Waals surface area contributed by atoms with Gasteiger partial charge < -0.3 is 20.9 Å². The van der Waals surface area contributed by atoms with Crippen LogP contribution in [-0.4, -0.2) is 54.3 Å².